The lowest BCUT2D eigenvalue weighted by Gasteiger charge is -2.37. The van der Waals surface area contributed by atoms with E-state index >= 15 is 0 Å². The minimum atomic E-state index is -0.705. The van der Waals surface area contributed by atoms with Crippen molar-refractivity contribution < 1.29 is 18.0 Å². The fourth-order valence-corrected chi connectivity index (χ4v) is 4.17. The average molecular weight is 485 g/mol. The molecule has 1 unspecified atom stereocenters. The molecule has 1 atom stereocenters. The molecule has 2 aliphatic heterocycles. The quantitative estimate of drug-likeness (QED) is 0.566. The van der Waals surface area contributed by atoms with Crippen molar-refractivity contribution in [2.24, 2.45) is 12.1 Å². The number of aromatic nitrogens is 5. The van der Waals surface area contributed by atoms with Gasteiger partial charge in [0.1, 0.15) is 23.2 Å². The second-order valence-electron chi connectivity index (χ2n) is 8.35. The minimum Gasteiger partial charge on any atom is -0.337 e. The third kappa shape index (κ3) is 4.29. The molecule has 0 saturated carbocycles. The monoisotopic (exact) mass is 485 g/mol. The molecule has 182 valence electrons. The van der Waals surface area contributed by atoms with Crippen molar-refractivity contribution in [3.8, 4) is 11.5 Å². The molecule has 0 bridgehead atoms. The summed E-state index contributed by atoms with van der Waals surface area (Å²) in [4.78, 5) is 25.1. The van der Waals surface area contributed by atoms with Crippen LogP contribution in [0, 0.1) is 24.4 Å². The van der Waals surface area contributed by atoms with Crippen LogP contribution in [0.25, 0.3) is 11.5 Å². The molecule has 35 heavy (non-hydrogen) atoms. The van der Waals surface area contributed by atoms with Gasteiger partial charge < -0.3 is 14.4 Å². The fourth-order valence-electron chi connectivity index (χ4n) is 4.17. The van der Waals surface area contributed by atoms with E-state index in [2.05, 4.69) is 25.3 Å². The fraction of sp³-hybridized carbons (Fsp3) is 0.364. The lowest BCUT2D eigenvalue weighted by Crippen LogP contribution is -2.52. The Kier molecular flexibility index (Phi) is 5.83. The maximum absolute atomic E-state index is 14.4. The number of benzene rings is 1. The molecule has 1 fully saturated rings. The zero-order chi connectivity index (χ0) is 24.7. The number of rotatable bonds is 3. The molecule has 2 amide bonds. The van der Waals surface area contributed by atoms with Gasteiger partial charge in [-0.15, -0.1) is 10.2 Å². The number of hydrogen-bond acceptors (Lipinski definition) is 7. The number of amides is 2. The van der Waals surface area contributed by atoms with Crippen molar-refractivity contribution in [3.63, 3.8) is 0 Å². The highest BCUT2D eigenvalue weighted by molar-refractivity contribution is 5.78. The molecule has 4 heterocycles. The van der Waals surface area contributed by atoms with Crippen LogP contribution < -0.4 is 4.90 Å². The van der Waals surface area contributed by atoms with Gasteiger partial charge in [0.25, 0.3) is 0 Å². The van der Waals surface area contributed by atoms with Crippen molar-refractivity contribution in [2.45, 2.75) is 19.4 Å². The van der Waals surface area contributed by atoms with E-state index in [1.807, 2.05) is 4.90 Å². The average Bonchev–Trinajstić information content (AvgIpc) is 3.46. The number of piperazine rings is 1. The van der Waals surface area contributed by atoms with Crippen molar-refractivity contribution in [1.29, 1.82) is 0 Å². The molecule has 5 rings (SSSR count). The Morgan fingerprint density at radius 1 is 1.03 bits per heavy atom. The van der Waals surface area contributed by atoms with Gasteiger partial charge in [0.15, 0.2) is 11.6 Å². The normalized spacial score (nSPS) is 18.0. The van der Waals surface area contributed by atoms with E-state index in [1.54, 1.807) is 29.7 Å². The highest BCUT2D eigenvalue weighted by atomic mass is 19.1. The minimum absolute atomic E-state index is 0.0492. The van der Waals surface area contributed by atoms with E-state index in [9.17, 15) is 18.0 Å². The molecule has 2 aromatic heterocycles. The Hall–Kier alpha value is -4.03. The Labute approximate surface area is 198 Å². The second kappa shape index (κ2) is 8.96. The SMILES string of the molecule is Cc1nnc(-c2nc(N3CCN(C(=O)N4N=CCC4c4cc(F)cc(F)c4)CC3)ncc2F)n1C. The summed E-state index contributed by atoms with van der Waals surface area (Å²) in [5, 5.41) is 13.4. The number of nitrogens with zero attached hydrogens (tertiary/aromatic N) is 9. The first kappa shape index (κ1) is 22.7. The smallest absolute Gasteiger partial charge is 0.337 e. The summed E-state index contributed by atoms with van der Waals surface area (Å²) < 4.78 is 43.5. The van der Waals surface area contributed by atoms with Crippen LogP contribution in [0.15, 0.2) is 29.5 Å². The van der Waals surface area contributed by atoms with Crippen molar-refractivity contribution in [3.05, 3.63) is 53.2 Å². The third-order valence-electron chi connectivity index (χ3n) is 6.16. The van der Waals surface area contributed by atoms with Gasteiger partial charge in [-0.2, -0.15) is 5.10 Å². The molecule has 0 aliphatic carbocycles. The van der Waals surface area contributed by atoms with Crippen molar-refractivity contribution in [1.82, 2.24) is 34.6 Å². The first-order valence-electron chi connectivity index (χ1n) is 11.0. The molecule has 3 aromatic rings. The van der Waals surface area contributed by atoms with Crippen LogP contribution in [0.1, 0.15) is 23.9 Å². The molecule has 1 aromatic carbocycles. The maximum atomic E-state index is 14.4. The lowest BCUT2D eigenvalue weighted by atomic mass is 10.0. The van der Waals surface area contributed by atoms with Crippen LogP contribution in [0.3, 0.4) is 0 Å². The van der Waals surface area contributed by atoms with Gasteiger partial charge in [0.2, 0.25) is 5.95 Å². The summed E-state index contributed by atoms with van der Waals surface area (Å²) in [5.41, 5.74) is 0.395. The Balaban J connectivity index is 1.28. The van der Waals surface area contributed by atoms with Crippen LogP contribution in [0.4, 0.5) is 23.9 Å². The van der Waals surface area contributed by atoms with Crippen molar-refractivity contribution in [2.75, 3.05) is 31.1 Å². The number of carbonyl (C=O) groups excluding carboxylic acids is 1. The van der Waals surface area contributed by atoms with Crippen LogP contribution >= 0.6 is 0 Å². The van der Waals surface area contributed by atoms with Crippen LogP contribution in [0.5, 0.6) is 0 Å². The maximum Gasteiger partial charge on any atom is 0.341 e. The van der Waals surface area contributed by atoms with Crippen LogP contribution in [-0.2, 0) is 7.05 Å². The van der Waals surface area contributed by atoms with Gasteiger partial charge in [-0.05, 0) is 24.6 Å². The Bertz CT molecular complexity index is 1280. The molecule has 0 spiro atoms. The Morgan fingerprint density at radius 2 is 1.74 bits per heavy atom. The number of hydrogen-bond donors (Lipinski definition) is 0. The predicted octanol–water partition coefficient (Wildman–Crippen LogP) is 2.67. The highest BCUT2D eigenvalue weighted by Gasteiger charge is 2.34. The summed E-state index contributed by atoms with van der Waals surface area (Å²) in [7, 11) is 1.72. The van der Waals surface area contributed by atoms with E-state index in [0.717, 1.165) is 12.3 Å². The summed E-state index contributed by atoms with van der Waals surface area (Å²) in [6, 6.07) is 2.27. The van der Waals surface area contributed by atoms with Crippen LogP contribution in [-0.4, -0.2) is 73.1 Å². The number of carbonyl (C=O) groups is 1. The van der Waals surface area contributed by atoms with Crippen LogP contribution in [0.2, 0.25) is 0 Å². The highest BCUT2D eigenvalue weighted by Crippen LogP contribution is 2.30. The van der Waals surface area contributed by atoms with Gasteiger partial charge in [0, 0.05) is 51.9 Å². The topological polar surface area (TPSA) is 95.6 Å². The molecular weight excluding hydrogens is 463 g/mol. The number of anilines is 1. The zero-order valence-electron chi connectivity index (χ0n) is 19.1. The summed E-state index contributed by atoms with van der Waals surface area (Å²) in [6.45, 7) is 3.26. The van der Waals surface area contributed by atoms with Gasteiger partial charge in [-0.3, -0.25) is 0 Å². The molecule has 0 radical (unpaired) electrons. The lowest BCUT2D eigenvalue weighted by molar-refractivity contribution is 0.139. The summed E-state index contributed by atoms with van der Waals surface area (Å²) in [5.74, 6) is -0.780. The third-order valence-corrected chi connectivity index (χ3v) is 6.16. The number of aryl methyl sites for hydroxylation is 1. The standard InChI is InChI=1S/C22H22F3N9O/c1-13-29-30-20(31(13)2)19-17(25)12-26-21(28-19)32-5-7-33(8-6-32)22(35)34-18(3-4-27-34)14-9-15(23)11-16(24)10-14/h4,9-12,18H,3,5-8H2,1-2H3. The van der Waals surface area contributed by atoms with Gasteiger partial charge in [0.05, 0.1) is 12.2 Å². The van der Waals surface area contributed by atoms with E-state index < -0.39 is 23.5 Å². The first-order chi connectivity index (χ1) is 16.8. The Morgan fingerprint density at radius 3 is 2.40 bits per heavy atom. The van der Waals surface area contributed by atoms with E-state index in [1.165, 1.54) is 17.1 Å². The molecular formula is C22H22F3N9O. The predicted molar refractivity (Wildman–Crippen MR) is 120 cm³/mol. The zero-order valence-corrected chi connectivity index (χ0v) is 19.1. The summed E-state index contributed by atoms with van der Waals surface area (Å²) in [6.07, 6.45) is 3.02. The van der Waals surface area contributed by atoms with Crippen molar-refractivity contribution >= 4 is 18.2 Å². The van der Waals surface area contributed by atoms with E-state index in [0.29, 0.717) is 55.8 Å². The van der Waals surface area contributed by atoms with Gasteiger partial charge in [-0.1, -0.05) is 0 Å². The summed E-state index contributed by atoms with van der Waals surface area (Å²) >= 11 is 0. The number of hydrazone groups is 1. The molecule has 0 N–H and O–H groups in total. The second-order valence-corrected chi connectivity index (χ2v) is 8.35. The molecule has 13 heteroatoms. The number of halogens is 3. The molecule has 1 saturated heterocycles. The number of urea groups is 1. The van der Waals surface area contributed by atoms with Gasteiger partial charge >= 0.3 is 6.03 Å². The largest absolute Gasteiger partial charge is 0.341 e. The van der Waals surface area contributed by atoms with E-state index in [4.69, 9.17) is 0 Å². The first-order valence-corrected chi connectivity index (χ1v) is 11.0. The van der Waals surface area contributed by atoms with Gasteiger partial charge in [-0.25, -0.2) is 32.9 Å². The van der Waals surface area contributed by atoms with E-state index in [-0.39, 0.29) is 11.7 Å². The molecule has 10 nitrogen and oxygen atoms in total. The molecule has 2 aliphatic rings.